The van der Waals surface area contributed by atoms with E-state index >= 15 is 0 Å². The minimum absolute atomic E-state index is 0.0138. The van der Waals surface area contributed by atoms with Gasteiger partial charge in [0.25, 0.3) is 0 Å². The Labute approximate surface area is 113 Å². The van der Waals surface area contributed by atoms with Crippen LogP contribution in [0.4, 0.5) is 4.39 Å². The summed E-state index contributed by atoms with van der Waals surface area (Å²) in [6.45, 7) is 2.80. The molecule has 2 rings (SSSR count). The number of carbonyl (C=O) groups excluding carboxylic acids is 1. The molecule has 0 amide bonds. The molecule has 1 aromatic rings. The van der Waals surface area contributed by atoms with Crippen molar-refractivity contribution in [1.29, 1.82) is 0 Å². The summed E-state index contributed by atoms with van der Waals surface area (Å²) in [5, 5.41) is 3.51. The minimum atomic E-state index is -0.638. The Hall–Kier alpha value is -1.42. The van der Waals surface area contributed by atoms with Crippen molar-refractivity contribution in [2.45, 2.75) is 44.7 Å². The number of benzene rings is 1. The molecule has 0 saturated heterocycles. The molecule has 1 aliphatic rings. The van der Waals surface area contributed by atoms with E-state index in [4.69, 9.17) is 0 Å². The van der Waals surface area contributed by atoms with E-state index < -0.39 is 11.8 Å². The Bertz CT molecular complexity index is 464. The van der Waals surface area contributed by atoms with Crippen LogP contribution in [0.15, 0.2) is 18.2 Å². The second kappa shape index (κ2) is 5.70. The summed E-state index contributed by atoms with van der Waals surface area (Å²) in [4.78, 5) is 11.3. The van der Waals surface area contributed by atoms with Gasteiger partial charge in [0.1, 0.15) is 5.82 Å². The third-order valence-corrected chi connectivity index (χ3v) is 4.09. The highest BCUT2D eigenvalue weighted by molar-refractivity contribution is 5.89. The number of hydrogen-bond donors (Lipinski definition) is 1. The van der Waals surface area contributed by atoms with Gasteiger partial charge in [-0.05, 0) is 43.4 Å². The lowest BCUT2D eigenvalue weighted by Gasteiger charge is -2.42. The zero-order valence-electron chi connectivity index (χ0n) is 11.5. The summed E-state index contributed by atoms with van der Waals surface area (Å²) in [5.41, 5.74) is 1.07. The number of methoxy groups -OCH3 is 1. The molecular weight excluding hydrogens is 245 g/mol. The molecule has 1 N–H and O–H groups in total. The van der Waals surface area contributed by atoms with Crippen LogP contribution in [0.1, 0.15) is 48.5 Å². The molecule has 0 heterocycles. The molecule has 0 bridgehead atoms. The maximum Gasteiger partial charge on any atom is 0.340 e. The second-order valence-corrected chi connectivity index (χ2v) is 5.15. The van der Waals surface area contributed by atoms with Crippen LogP contribution in [-0.4, -0.2) is 18.6 Å². The molecule has 0 aliphatic heterocycles. The van der Waals surface area contributed by atoms with Crippen molar-refractivity contribution in [2.75, 3.05) is 7.11 Å². The Morgan fingerprint density at radius 3 is 2.68 bits per heavy atom. The summed E-state index contributed by atoms with van der Waals surface area (Å²) in [6, 6.07) is 4.66. The van der Waals surface area contributed by atoms with Gasteiger partial charge >= 0.3 is 5.97 Å². The standard InChI is InChI=1S/C15H20FNO2/c1-3-15(7-4-8-15)17-10-11-5-6-12(13(16)9-11)14(18)19-2/h5-6,9,17H,3-4,7-8,10H2,1-2H3. The van der Waals surface area contributed by atoms with Crippen molar-refractivity contribution >= 4 is 5.97 Å². The smallest absolute Gasteiger partial charge is 0.340 e. The quantitative estimate of drug-likeness (QED) is 0.832. The fourth-order valence-corrected chi connectivity index (χ4v) is 2.49. The lowest BCUT2D eigenvalue weighted by Crippen LogP contribution is -2.49. The lowest BCUT2D eigenvalue weighted by molar-refractivity contribution is 0.0595. The zero-order chi connectivity index (χ0) is 13.9. The van der Waals surface area contributed by atoms with Gasteiger partial charge in [0.05, 0.1) is 12.7 Å². The predicted octanol–water partition coefficient (Wildman–Crippen LogP) is 3.03. The van der Waals surface area contributed by atoms with Crippen molar-refractivity contribution in [3.05, 3.63) is 35.1 Å². The average Bonchev–Trinajstić information content (AvgIpc) is 2.37. The Morgan fingerprint density at radius 1 is 1.47 bits per heavy atom. The summed E-state index contributed by atoms with van der Waals surface area (Å²) < 4.78 is 18.3. The van der Waals surface area contributed by atoms with Gasteiger partial charge in [0.15, 0.2) is 0 Å². The highest BCUT2D eigenvalue weighted by Gasteiger charge is 2.34. The third kappa shape index (κ3) is 2.95. The van der Waals surface area contributed by atoms with Crippen LogP contribution in [0.2, 0.25) is 0 Å². The van der Waals surface area contributed by atoms with Crippen molar-refractivity contribution in [1.82, 2.24) is 5.32 Å². The van der Waals surface area contributed by atoms with E-state index in [-0.39, 0.29) is 11.1 Å². The third-order valence-electron chi connectivity index (χ3n) is 4.09. The molecule has 3 nitrogen and oxygen atoms in total. The fourth-order valence-electron chi connectivity index (χ4n) is 2.49. The van der Waals surface area contributed by atoms with Gasteiger partial charge in [-0.25, -0.2) is 9.18 Å². The summed E-state index contributed by atoms with van der Waals surface area (Å²) >= 11 is 0. The van der Waals surface area contributed by atoms with Crippen LogP contribution >= 0.6 is 0 Å². The molecule has 4 heteroatoms. The Morgan fingerprint density at radius 2 is 2.21 bits per heavy atom. The molecule has 1 aromatic carbocycles. The molecule has 0 spiro atoms. The first kappa shape index (κ1) is 14.0. The number of ether oxygens (including phenoxy) is 1. The molecule has 0 atom stereocenters. The number of carbonyl (C=O) groups is 1. The normalized spacial score (nSPS) is 16.8. The van der Waals surface area contributed by atoms with Crippen LogP contribution in [0, 0.1) is 5.82 Å². The van der Waals surface area contributed by atoms with Crippen LogP contribution < -0.4 is 5.32 Å². The predicted molar refractivity (Wildman–Crippen MR) is 71.5 cm³/mol. The molecule has 0 aromatic heterocycles. The van der Waals surface area contributed by atoms with E-state index in [2.05, 4.69) is 17.0 Å². The van der Waals surface area contributed by atoms with E-state index in [0.717, 1.165) is 12.0 Å². The van der Waals surface area contributed by atoms with Gasteiger partial charge in [-0.1, -0.05) is 13.0 Å². The zero-order valence-corrected chi connectivity index (χ0v) is 11.5. The van der Waals surface area contributed by atoms with Crippen molar-refractivity contribution in [2.24, 2.45) is 0 Å². The Balaban J connectivity index is 2.02. The molecule has 19 heavy (non-hydrogen) atoms. The van der Waals surface area contributed by atoms with Crippen LogP contribution in [0.5, 0.6) is 0 Å². The molecule has 1 saturated carbocycles. The van der Waals surface area contributed by atoms with Gasteiger partial charge in [-0.2, -0.15) is 0 Å². The maximum atomic E-state index is 13.8. The van der Waals surface area contributed by atoms with Crippen LogP contribution in [0.25, 0.3) is 0 Å². The first-order valence-electron chi connectivity index (χ1n) is 6.72. The van der Waals surface area contributed by atoms with E-state index in [1.807, 2.05) is 0 Å². The van der Waals surface area contributed by atoms with E-state index in [0.29, 0.717) is 6.54 Å². The highest BCUT2D eigenvalue weighted by atomic mass is 19.1. The minimum Gasteiger partial charge on any atom is -0.465 e. The number of rotatable bonds is 5. The molecule has 1 fully saturated rings. The number of esters is 1. The molecule has 0 unspecified atom stereocenters. The SMILES string of the molecule is CCC1(NCc2ccc(C(=O)OC)c(F)c2)CCC1. The van der Waals surface area contributed by atoms with Crippen LogP contribution in [-0.2, 0) is 11.3 Å². The van der Waals surface area contributed by atoms with Crippen molar-refractivity contribution in [3.8, 4) is 0 Å². The first-order chi connectivity index (χ1) is 9.10. The molecule has 104 valence electrons. The summed E-state index contributed by atoms with van der Waals surface area (Å²) in [6.07, 6.45) is 4.73. The average molecular weight is 265 g/mol. The Kier molecular flexibility index (Phi) is 4.20. The van der Waals surface area contributed by atoms with E-state index in [1.165, 1.54) is 38.5 Å². The van der Waals surface area contributed by atoms with Gasteiger partial charge in [0.2, 0.25) is 0 Å². The molecule has 1 aliphatic carbocycles. The molecular formula is C15H20FNO2. The maximum absolute atomic E-state index is 13.8. The topological polar surface area (TPSA) is 38.3 Å². The van der Waals surface area contributed by atoms with Gasteiger partial charge in [-0.15, -0.1) is 0 Å². The number of nitrogens with one attached hydrogen (secondary N) is 1. The van der Waals surface area contributed by atoms with Crippen LogP contribution in [0.3, 0.4) is 0 Å². The summed E-state index contributed by atoms with van der Waals surface area (Å²) in [5.74, 6) is -1.16. The summed E-state index contributed by atoms with van der Waals surface area (Å²) in [7, 11) is 1.25. The molecule has 0 radical (unpaired) electrons. The van der Waals surface area contributed by atoms with Crippen molar-refractivity contribution < 1.29 is 13.9 Å². The largest absolute Gasteiger partial charge is 0.465 e. The first-order valence-corrected chi connectivity index (χ1v) is 6.72. The highest BCUT2D eigenvalue weighted by Crippen LogP contribution is 2.34. The number of halogens is 1. The second-order valence-electron chi connectivity index (χ2n) is 5.15. The van der Waals surface area contributed by atoms with Gasteiger partial charge in [0, 0.05) is 12.1 Å². The monoisotopic (exact) mass is 265 g/mol. The lowest BCUT2D eigenvalue weighted by atomic mass is 9.75. The van der Waals surface area contributed by atoms with E-state index in [9.17, 15) is 9.18 Å². The van der Waals surface area contributed by atoms with E-state index in [1.54, 1.807) is 6.07 Å². The van der Waals surface area contributed by atoms with Gasteiger partial charge < -0.3 is 10.1 Å². The fraction of sp³-hybridized carbons (Fsp3) is 0.533. The van der Waals surface area contributed by atoms with Crippen molar-refractivity contribution in [3.63, 3.8) is 0 Å². The van der Waals surface area contributed by atoms with Gasteiger partial charge in [-0.3, -0.25) is 0 Å². The number of hydrogen-bond acceptors (Lipinski definition) is 3.